The van der Waals surface area contributed by atoms with Gasteiger partial charge >= 0.3 is 11.4 Å². The van der Waals surface area contributed by atoms with E-state index in [-0.39, 0.29) is 13.2 Å². The summed E-state index contributed by atoms with van der Waals surface area (Å²) in [5.41, 5.74) is 0. The second-order valence-corrected chi connectivity index (χ2v) is 4.10. The van der Waals surface area contributed by atoms with Gasteiger partial charge in [-0.05, 0) is 0 Å². The summed E-state index contributed by atoms with van der Waals surface area (Å²) < 4.78 is 18.2. The van der Waals surface area contributed by atoms with Crippen molar-refractivity contribution < 1.29 is 12.6 Å². The van der Waals surface area contributed by atoms with Gasteiger partial charge in [0, 0.05) is 0 Å². The molecule has 0 spiro atoms. The fraction of sp³-hybridized carbons (Fsp3) is 1.00. The summed E-state index contributed by atoms with van der Waals surface area (Å²) in [6.07, 6.45) is 0. The first kappa shape index (κ1) is 7.75. The molecule has 1 fully saturated rings. The minimum Gasteiger partial charge on any atom is -0.265 e. The Bertz CT molecular complexity index is 125. The second-order valence-electron chi connectivity index (χ2n) is 1.58. The number of alkyl halides is 2. The molecule has 0 aromatic carbocycles. The maximum atomic E-state index is 10.3. The van der Waals surface area contributed by atoms with Crippen molar-refractivity contribution in [2.45, 2.75) is 4.33 Å². The van der Waals surface area contributed by atoms with Crippen LogP contribution in [0.4, 0.5) is 0 Å². The highest BCUT2D eigenvalue weighted by atomic mass is 35.5. The second kappa shape index (κ2) is 2.72. The monoisotopic (exact) mass is 190 g/mol. The molecule has 0 bridgehead atoms. The highest BCUT2D eigenvalue weighted by molar-refractivity contribution is 7.75. The summed E-state index contributed by atoms with van der Waals surface area (Å²) in [6.45, 7) is 0.0887. The smallest absolute Gasteiger partial charge is 0.265 e. The fourth-order valence-electron chi connectivity index (χ4n) is 0.344. The summed E-state index contributed by atoms with van der Waals surface area (Å²) in [4.78, 5) is 0. The molecule has 1 saturated heterocycles. The number of halogens is 2. The van der Waals surface area contributed by atoms with Crippen molar-refractivity contribution in [3.63, 3.8) is 0 Å². The van der Waals surface area contributed by atoms with Gasteiger partial charge in [-0.25, -0.2) is 0 Å². The van der Waals surface area contributed by atoms with Crippen molar-refractivity contribution in [1.82, 2.24) is 0 Å². The third-order valence-corrected chi connectivity index (χ3v) is 1.79. The van der Waals surface area contributed by atoms with Crippen LogP contribution < -0.4 is 0 Å². The van der Waals surface area contributed by atoms with Gasteiger partial charge in [0.05, 0.1) is 0 Å². The molecule has 54 valence electrons. The van der Waals surface area contributed by atoms with Gasteiger partial charge in [-0.2, -0.15) is 4.21 Å². The minimum atomic E-state index is -1.66. The maximum absolute atomic E-state index is 10.3. The number of hydrogen-bond acceptors (Lipinski definition) is 3. The highest BCUT2D eigenvalue weighted by Gasteiger charge is 2.31. The lowest BCUT2D eigenvalue weighted by Crippen LogP contribution is -2.33. The van der Waals surface area contributed by atoms with Crippen molar-refractivity contribution in [1.29, 1.82) is 0 Å². The molecule has 0 aromatic rings. The van der Waals surface area contributed by atoms with Crippen LogP contribution in [0.5, 0.6) is 0 Å². The van der Waals surface area contributed by atoms with Crippen LogP contribution in [0.3, 0.4) is 0 Å². The molecule has 0 atom stereocenters. The van der Waals surface area contributed by atoms with E-state index >= 15 is 0 Å². The molecule has 0 saturated carbocycles. The zero-order chi connectivity index (χ0) is 6.91. The molecule has 1 heterocycles. The van der Waals surface area contributed by atoms with Gasteiger partial charge in [0.2, 0.25) is 0 Å². The molecular formula is C3H4Cl2O3S. The molecule has 0 radical (unpaired) electrons. The first-order chi connectivity index (χ1) is 4.10. The first-order valence-electron chi connectivity index (χ1n) is 2.16. The fourth-order valence-corrected chi connectivity index (χ4v) is 1.48. The quantitative estimate of drug-likeness (QED) is 0.531. The standard InChI is InChI=1S/C3H4Cl2O3S/c4-3(5)1-7-9(6)8-2-3/h1-2H2. The van der Waals surface area contributed by atoms with Gasteiger partial charge in [0.15, 0.2) is 4.33 Å². The van der Waals surface area contributed by atoms with Crippen molar-refractivity contribution in [2.24, 2.45) is 0 Å². The van der Waals surface area contributed by atoms with Crippen LogP contribution in [0.2, 0.25) is 0 Å². The minimum absolute atomic E-state index is 0.0444. The molecule has 0 unspecified atom stereocenters. The van der Waals surface area contributed by atoms with Gasteiger partial charge in [0.25, 0.3) is 0 Å². The molecule has 9 heavy (non-hydrogen) atoms. The average Bonchev–Trinajstić information content (AvgIpc) is 1.78. The van der Waals surface area contributed by atoms with Crippen LogP contribution >= 0.6 is 23.2 Å². The number of hydrogen-bond donors (Lipinski definition) is 0. The zero-order valence-electron chi connectivity index (χ0n) is 4.30. The zero-order valence-corrected chi connectivity index (χ0v) is 6.63. The Labute approximate surface area is 65.1 Å². The molecular weight excluding hydrogens is 187 g/mol. The van der Waals surface area contributed by atoms with E-state index in [1.54, 1.807) is 0 Å². The largest absolute Gasteiger partial charge is 0.304 e. The lowest BCUT2D eigenvalue weighted by Gasteiger charge is -2.22. The van der Waals surface area contributed by atoms with Crippen LogP contribution in [0.15, 0.2) is 0 Å². The van der Waals surface area contributed by atoms with Crippen molar-refractivity contribution in [3.05, 3.63) is 0 Å². The van der Waals surface area contributed by atoms with Gasteiger partial charge in [0.1, 0.15) is 13.2 Å². The predicted molar refractivity (Wildman–Crippen MR) is 34.5 cm³/mol. The molecule has 6 heteroatoms. The van der Waals surface area contributed by atoms with E-state index in [9.17, 15) is 4.21 Å². The molecule has 1 aliphatic rings. The van der Waals surface area contributed by atoms with E-state index in [0.717, 1.165) is 0 Å². The molecule has 1 aliphatic heterocycles. The Balaban J connectivity index is 2.44. The molecule has 3 nitrogen and oxygen atoms in total. The third-order valence-electron chi connectivity index (χ3n) is 0.733. The van der Waals surface area contributed by atoms with Crippen LogP contribution in [0.25, 0.3) is 0 Å². The molecule has 1 rings (SSSR count). The Morgan fingerprint density at radius 2 is 1.78 bits per heavy atom. The summed E-state index contributed by atoms with van der Waals surface area (Å²) in [5, 5.41) is 0. The average molecular weight is 191 g/mol. The Morgan fingerprint density at radius 3 is 2.11 bits per heavy atom. The lowest BCUT2D eigenvalue weighted by atomic mass is 10.5. The molecule has 0 aromatic heterocycles. The molecule has 0 N–H and O–H groups in total. The van der Waals surface area contributed by atoms with Gasteiger partial charge < -0.3 is 0 Å². The van der Waals surface area contributed by atoms with Crippen LogP contribution in [-0.2, 0) is 19.7 Å². The SMILES string of the molecule is O=S1OCC(Cl)(Cl)CO1. The van der Waals surface area contributed by atoms with Gasteiger partial charge in [-0.15, -0.1) is 0 Å². The van der Waals surface area contributed by atoms with Crippen molar-refractivity contribution in [3.8, 4) is 0 Å². The van der Waals surface area contributed by atoms with Crippen LogP contribution in [0.1, 0.15) is 0 Å². The van der Waals surface area contributed by atoms with Crippen molar-refractivity contribution >= 4 is 34.6 Å². The molecule has 0 aliphatic carbocycles. The van der Waals surface area contributed by atoms with E-state index in [1.807, 2.05) is 0 Å². The maximum Gasteiger partial charge on any atom is 0.304 e. The van der Waals surface area contributed by atoms with E-state index in [2.05, 4.69) is 8.37 Å². The summed E-state index contributed by atoms with van der Waals surface area (Å²) in [6, 6.07) is 0. The third kappa shape index (κ3) is 2.39. The van der Waals surface area contributed by atoms with E-state index in [1.165, 1.54) is 0 Å². The van der Waals surface area contributed by atoms with E-state index < -0.39 is 15.7 Å². The summed E-state index contributed by atoms with van der Waals surface area (Å²) in [7, 11) is 0. The van der Waals surface area contributed by atoms with Gasteiger partial charge in [-0.1, -0.05) is 23.2 Å². The summed E-state index contributed by atoms with van der Waals surface area (Å²) in [5.74, 6) is 0. The van der Waals surface area contributed by atoms with E-state index in [4.69, 9.17) is 23.2 Å². The topological polar surface area (TPSA) is 35.5 Å². The Kier molecular flexibility index (Phi) is 2.34. The van der Waals surface area contributed by atoms with Gasteiger partial charge in [-0.3, -0.25) is 8.37 Å². The Morgan fingerprint density at radius 1 is 1.33 bits per heavy atom. The first-order valence-corrected chi connectivity index (χ1v) is 3.92. The van der Waals surface area contributed by atoms with Crippen molar-refractivity contribution in [2.75, 3.05) is 13.2 Å². The number of rotatable bonds is 0. The van der Waals surface area contributed by atoms with E-state index in [0.29, 0.717) is 0 Å². The lowest BCUT2D eigenvalue weighted by molar-refractivity contribution is 0.174. The summed E-state index contributed by atoms with van der Waals surface area (Å²) >= 11 is 9.38. The van der Waals surface area contributed by atoms with Crippen LogP contribution in [0, 0.1) is 0 Å². The Hall–Kier alpha value is 0.650. The predicted octanol–water partition coefficient (Wildman–Crippen LogP) is 0.786. The highest BCUT2D eigenvalue weighted by Crippen LogP contribution is 2.25. The normalized spacial score (nSPS) is 28.2. The van der Waals surface area contributed by atoms with Crippen LogP contribution in [-0.4, -0.2) is 21.8 Å². The molecule has 0 amide bonds.